The van der Waals surface area contributed by atoms with Crippen molar-refractivity contribution in [2.45, 2.75) is 121 Å². The summed E-state index contributed by atoms with van der Waals surface area (Å²) in [5, 5.41) is 11.4. The molecule has 1 spiro atoms. The lowest BCUT2D eigenvalue weighted by Gasteiger charge is -2.61. The molecule has 44 heavy (non-hydrogen) atoms. The Morgan fingerprint density at radius 3 is 2.64 bits per heavy atom. The number of phenolic OH excluding ortho intramolecular Hbond substituents is 1. The number of carbonyl (C=O) groups is 2. The summed E-state index contributed by atoms with van der Waals surface area (Å²) in [4.78, 5) is 31.0. The molecule has 7 nitrogen and oxygen atoms in total. The maximum atomic E-state index is 14.0. The van der Waals surface area contributed by atoms with Crippen molar-refractivity contribution in [3.63, 3.8) is 0 Å². The number of benzene rings is 2. The molecule has 236 valence electrons. The van der Waals surface area contributed by atoms with Crippen LogP contribution in [0.4, 0.5) is 0 Å². The predicted molar refractivity (Wildman–Crippen MR) is 169 cm³/mol. The Balaban J connectivity index is 1.16. The van der Waals surface area contributed by atoms with Crippen LogP contribution in [0.5, 0.6) is 17.2 Å². The van der Waals surface area contributed by atoms with Gasteiger partial charge in [-0.3, -0.25) is 14.5 Å². The van der Waals surface area contributed by atoms with Crippen molar-refractivity contribution in [2.24, 2.45) is 11.8 Å². The van der Waals surface area contributed by atoms with Crippen LogP contribution in [0.3, 0.4) is 0 Å². The minimum absolute atomic E-state index is 0.0484. The van der Waals surface area contributed by atoms with Gasteiger partial charge in [0.15, 0.2) is 11.5 Å². The third-order valence-electron chi connectivity index (χ3n) is 11.3. The van der Waals surface area contributed by atoms with Crippen molar-refractivity contribution in [1.82, 2.24) is 9.80 Å². The molecule has 1 N–H and O–H groups in total. The minimum atomic E-state index is -0.427. The third-order valence-corrected chi connectivity index (χ3v) is 11.3. The van der Waals surface area contributed by atoms with E-state index in [1.807, 2.05) is 6.07 Å². The monoisotopic (exact) mass is 600 g/mol. The molecule has 0 aromatic heterocycles. The van der Waals surface area contributed by atoms with Crippen molar-refractivity contribution < 1.29 is 24.2 Å². The molecule has 5 atom stereocenters. The number of hydrogen-bond acceptors (Lipinski definition) is 6. The maximum Gasteiger partial charge on any atom is 0.308 e. The molecule has 2 heterocycles. The molecule has 7 rings (SSSR count). The molecule has 2 aromatic rings. The summed E-state index contributed by atoms with van der Waals surface area (Å²) in [7, 11) is 0. The topological polar surface area (TPSA) is 79.3 Å². The number of phenols is 1. The van der Waals surface area contributed by atoms with Gasteiger partial charge in [-0.2, -0.15) is 0 Å². The van der Waals surface area contributed by atoms with Gasteiger partial charge in [-0.05, 0) is 95.6 Å². The molecule has 0 radical (unpaired) electrons. The maximum absolute atomic E-state index is 14.0. The van der Waals surface area contributed by atoms with E-state index in [-0.39, 0.29) is 35.3 Å². The highest BCUT2D eigenvalue weighted by molar-refractivity contribution is 5.77. The van der Waals surface area contributed by atoms with Gasteiger partial charge in [0.1, 0.15) is 11.9 Å². The predicted octanol–water partition coefficient (Wildman–Crippen LogP) is 6.18. The van der Waals surface area contributed by atoms with Gasteiger partial charge in [-0.25, -0.2) is 0 Å². The second kappa shape index (κ2) is 11.7. The number of carbonyl (C=O) groups excluding carboxylic acids is 2. The highest BCUT2D eigenvalue weighted by atomic mass is 16.6. The number of ether oxygens (including phenoxy) is 2. The van der Waals surface area contributed by atoms with E-state index in [4.69, 9.17) is 9.47 Å². The Labute approximate surface area is 261 Å². The number of amides is 1. The first kappa shape index (κ1) is 29.6. The number of unbranched alkanes of at least 4 members (excludes halogenated alkanes) is 2. The van der Waals surface area contributed by atoms with E-state index in [9.17, 15) is 14.7 Å². The van der Waals surface area contributed by atoms with Crippen LogP contribution in [0.1, 0.15) is 95.2 Å². The van der Waals surface area contributed by atoms with E-state index in [0.29, 0.717) is 29.9 Å². The van der Waals surface area contributed by atoms with Crippen molar-refractivity contribution in [1.29, 1.82) is 0 Å². The van der Waals surface area contributed by atoms with Gasteiger partial charge in [0.25, 0.3) is 0 Å². The molecule has 7 heteroatoms. The minimum Gasteiger partial charge on any atom is -0.508 e. The highest BCUT2D eigenvalue weighted by Crippen LogP contribution is 2.66. The largest absolute Gasteiger partial charge is 0.508 e. The summed E-state index contributed by atoms with van der Waals surface area (Å²) in [6.45, 7) is 7.78. The van der Waals surface area contributed by atoms with Crippen molar-refractivity contribution >= 4 is 11.9 Å². The summed E-state index contributed by atoms with van der Waals surface area (Å²) in [5.41, 5.74) is 3.08. The zero-order valence-corrected chi connectivity index (χ0v) is 26.6. The number of hydrogen-bond donors (Lipinski definition) is 1. The first-order chi connectivity index (χ1) is 21.3. The van der Waals surface area contributed by atoms with Gasteiger partial charge in [0.2, 0.25) is 5.91 Å². The average Bonchev–Trinajstić information content (AvgIpc) is 3.74. The number of aromatic hydroxyl groups is 1. The van der Waals surface area contributed by atoms with Crippen LogP contribution in [0, 0.1) is 11.8 Å². The second-order valence-electron chi connectivity index (χ2n) is 14.4. The number of likely N-dealkylation sites (tertiary alicyclic amines) is 1. The smallest absolute Gasteiger partial charge is 0.308 e. The van der Waals surface area contributed by atoms with Crippen molar-refractivity contribution in [2.75, 3.05) is 13.1 Å². The van der Waals surface area contributed by atoms with Gasteiger partial charge in [-0.1, -0.05) is 36.8 Å². The Bertz CT molecular complexity index is 1400. The van der Waals surface area contributed by atoms with E-state index in [1.54, 1.807) is 6.07 Å². The summed E-state index contributed by atoms with van der Waals surface area (Å²) in [6.07, 6.45) is 10.7. The lowest BCUT2D eigenvalue weighted by atomic mass is 9.50. The molecule has 1 amide bonds. The number of rotatable bonds is 11. The quantitative estimate of drug-likeness (QED) is 0.189. The van der Waals surface area contributed by atoms with E-state index in [1.165, 1.54) is 25.3 Å². The summed E-state index contributed by atoms with van der Waals surface area (Å²) >= 11 is 0. The molecule has 2 saturated carbocycles. The van der Waals surface area contributed by atoms with Crippen LogP contribution in [0.15, 0.2) is 36.4 Å². The Kier molecular flexibility index (Phi) is 7.88. The van der Waals surface area contributed by atoms with Crippen LogP contribution in [-0.2, 0) is 27.8 Å². The van der Waals surface area contributed by atoms with Gasteiger partial charge in [0.05, 0.1) is 6.04 Å². The van der Waals surface area contributed by atoms with E-state index in [2.05, 4.69) is 47.9 Å². The molecule has 2 bridgehead atoms. The highest BCUT2D eigenvalue weighted by Gasteiger charge is 2.67. The van der Waals surface area contributed by atoms with Crippen LogP contribution < -0.4 is 9.47 Å². The zero-order valence-electron chi connectivity index (χ0n) is 26.6. The third kappa shape index (κ3) is 5.09. The van der Waals surface area contributed by atoms with Gasteiger partial charge in [-0.15, -0.1) is 0 Å². The fourth-order valence-electron chi connectivity index (χ4n) is 9.44. The molecule has 3 fully saturated rings. The number of esters is 1. The van der Waals surface area contributed by atoms with Crippen molar-refractivity contribution in [3.05, 3.63) is 53.1 Å². The van der Waals surface area contributed by atoms with E-state index < -0.39 is 5.97 Å². The Hall–Kier alpha value is -3.06. The van der Waals surface area contributed by atoms with E-state index >= 15 is 0 Å². The average molecular weight is 601 g/mol. The normalized spacial score (nSPS) is 28.4. The SMILES string of the molecule is CC(=O)Oc1cc(O)c2c3c1O[C@H]1[C@@H](N(C(=O)CCCCCc4ccccc4)C(C)C)CC[C@H]4[C@@H](C2)N(CC2CC2)CC[C@@]341. The summed E-state index contributed by atoms with van der Waals surface area (Å²) in [6, 6.07) is 12.5. The zero-order chi connectivity index (χ0) is 30.6. The van der Waals surface area contributed by atoms with Gasteiger partial charge < -0.3 is 19.5 Å². The standard InChI is InChI=1S/C37H48N2O5/c1-23(2)39(33(42)13-9-5-8-12-25-10-6-4-7-11-25)29-17-16-28-30-20-27-31(41)21-32(43-24(3)40)35-34(27)37(28,36(29)44-35)18-19-38(30)22-26-14-15-26/h4,6-7,10-11,21,23,26,28-30,36,41H,5,8-9,12-20,22H2,1-3H3/t28-,29-,30+,36-,37-/m0/s1. The lowest BCUT2D eigenvalue weighted by molar-refractivity contribution is -0.146. The molecule has 3 aliphatic carbocycles. The van der Waals surface area contributed by atoms with Crippen LogP contribution in [-0.4, -0.2) is 64.1 Å². The first-order valence-corrected chi connectivity index (χ1v) is 17.1. The second-order valence-corrected chi connectivity index (χ2v) is 14.4. The fourth-order valence-corrected chi connectivity index (χ4v) is 9.44. The van der Waals surface area contributed by atoms with Gasteiger partial charge in [0, 0.05) is 54.6 Å². The molecule has 5 aliphatic rings. The van der Waals surface area contributed by atoms with Gasteiger partial charge >= 0.3 is 5.97 Å². The number of piperidine rings is 1. The fraction of sp³-hybridized carbons (Fsp3) is 0.622. The summed E-state index contributed by atoms with van der Waals surface area (Å²) < 4.78 is 12.6. The lowest BCUT2D eigenvalue weighted by Crippen LogP contribution is -2.69. The first-order valence-electron chi connectivity index (χ1n) is 17.1. The Morgan fingerprint density at radius 1 is 1.11 bits per heavy atom. The number of nitrogens with zero attached hydrogens (tertiary/aromatic N) is 2. The summed E-state index contributed by atoms with van der Waals surface area (Å²) in [5.74, 6) is 2.11. The molecule has 1 saturated heterocycles. The molecular formula is C37H48N2O5. The number of aryl methyl sites for hydroxylation is 1. The Morgan fingerprint density at radius 2 is 1.91 bits per heavy atom. The van der Waals surface area contributed by atoms with E-state index in [0.717, 1.165) is 81.5 Å². The van der Waals surface area contributed by atoms with Crippen LogP contribution in [0.25, 0.3) is 0 Å². The molecular weight excluding hydrogens is 552 g/mol. The molecule has 0 unspecified atom stereocenters. The molecule has 2 aliphatic heterocycles. The molecule has 2 aromatic carbocycles. The van der Waals surface area contributed by atoms with Crippen LogP contribution >= 0.6 is 0 Å². The van der Waals surface area contributed by atoms with Crippen molar-refractivity contribution in [3.8, 4) is 17.2 Å². The van der Waals surface area contributed by atoms with Crippen LogP contribution in [0.2, 0.25) is 0 Å².